The van der Waals surface area contributed by atoms with E-state index in [0.29, 0.717) is 0 Å². The highest BCUT2D eigenvalue weighted by molar-refractivity contribution is 5.83. The van der Waals surface area contributed by atoms with Crippen molar-refractivity contribution >= 4 is 5.78 Å². The molecule has 2 atom stereocenters. The third kappa shape index (κ3) is 1.37. The molecule has 58 valence electrons. The second-order valence-electron chi connectivity index (χ2n) is 3.95. The zero-order valence-corrected chi connectivity index (χ0v) is 6.97. The van der Waals surface area contributed by atoms with Gasteiger partial charge < -0.3 is 4.74 Å². The lowest BCUT2D eigenvalue weighted by atomic mass is 9.89. The van der Waals surface area contributed by atoms with Crippen molar-refractivity contribution in [2.24, 2.45) is 5.41 Å². The van der Waals surface area contributed by atoms with Crippen LogP contribution in [-0.4, -0.2) is 18.0 Å². The van der Waals surface area contributed by atoms with Gasteiger partial charge in [-0.15, -0.1) is 0 Å². The van der Waals surface area contributed by atoms with Crippen LogP contribution in [0.4, 0.5) is 0 Å². The van der Waals surface area contributed by atoms with Crippen molar-refractivity contribution in [3.05, 3.63) is 0 Å². The van der Waals surface area contributed by atoms with Crippen molar-refractivity contribution in [2.45, 2.75) is 39.9 Å². The lowest BCUT2D eigenvalue weighted by Crippen LogP contribution is -2.19. The van der Waals surface area contributed by atoms with Gasteiger partial charge in [-0.25, -0.2) is 0 Å². The summed E-state index contributed by atoms with van der Waals surface area (Å²) in [5.74, 6) is 0.153. The summed E-state index contributed by atoms with van der Waals surface area (Å²) in [6, 6.07) is 0. The van der Waals surface area contributed by atoms with E-state index in [0.717, 1.165) is 0 Å². The Morgan fingerprint density at radius 2 is 1.90 bits per heavy atom. The fourth-order valence-corrected chi connectivity index (χ4v) is 1.08. The molecule has 0 saturated carbocycles. The maximum Gasteiger partial charge on any atom is 0.161 e. The Hall–Kier alpha value is -0.370. The number of Topliss-reactive ketones (excluding diaryl/α,β-unsaturated/α-hetero) is 1. The van der Waals surface area contributed by atoms with E-state index < -0.39 is 0 Å². The van der Waals surface area contributed by atoms with Crippen molar-refractivity contribution in [1.82, 2.24) is 0 Å². The first kappa shape index (κ1) is 7.73. The van der Waals surface area contributed by atoms with Gasteiger partial charge in [-0.05, 0) is 12.3 Å². The maximum atomic E-state index is 10.7. The van der Waals surface area contributed by atoms with E-state index in [2.05, 4.69) is 20.8 Å². The van der Waals surface area contributed by atoms with Gasteiger partial charge in [0.1, 0.15) is 6.10 Å². The number of rotatable bonds is 1. The molecule has 0 amide bonds. The maximum absolute atomic E-state index is 10.7. The van der Waals surface area contributed by atoms with Gasteiger partial charge in [0.25, 0.3) is 0 Å². The van der Waals surface area contributed by atoms with E-state index in [1.807, 2.05) is 0 Å². The Kier molecular flexibility index (Phi) is 1.59. The predicted molar refractivity (Wildman–Crippen MR) is 38.8 cm³/mol. The molecule has 0 aromatic carbocycles. The van der Waals surface area contributed by atoms with Crippen molar-refractivity contribution in [3.8, 4) is 0 Å². The summed E-state index contributed by atoms with van der Waals surface area (Å²) in [6.07, 6.45) is 0.0463. The van der Waals surface area contributed by atoms with Gasteiger partial charge >= 0.3 is 0 Å². The van der Waals surface area contributed by atoms with E-state index in [-0.39, 0.29) is 23.4 Å². The predicted octanol–water partition coefficient (Wildman–Crippen LogP) is 1.39. The Balaban J connectivity index is 2.46. The topological polar surface area (TPSA) is 29.6 Å². The highest BCUT2D eigenvalue weighted by atomic mass is 16.6. The number of hydrogen-bond acceptors (Lipinski definition) is 2. The molecular formula is C8H14O2. The van der Waals surface area contributed by atoms with E-state index in [1.54, 1.807) is 6.92 Å². The molecule has 0 unspecified atom stereocenters. The fourth-order valence-electron chi connectivity index (χ4n) is 1.08. The van der Waals surface area contributed by atoms with Gasteiger partial charge in [0.15, 0.2) is 5.78 Å². The lowest BCUT2D eigenvalue weighted by Gasteiger charge is -2.13. The molecule has 1 saturated heterocycles. The average Bonchev–Trinajstić information content (AvgIpc) is 2.35. The SMILES string of the molecule is CC(=O)[C@@H]1O[C@H]1C(C)(C)C. The minimum atomic E-state index is -0.111. The molecule has 0 spiro atoms. The second kappa shape index (κ2) is 2.06. The van der Waals surface area contributed by atoms with E-state index in [1.165, 1.54) is 0 Å². The van der Waals surface area contributed by atoms with Crippen molar-refractivity contribution in [1.29, 1.82) is 0 Å². The minimum absolute atomic E-state index is 0.111. The summed E-state index contributed by atoms with van der Waals surface area (Å²) in [6.45, 7) is 7.83. The summed E-state index contributed by atoms with van der Waals surface area (Å²) in [5.41, 5.74) is 0.121. The van der Waals surface area contributed by atoms with Crippen LogP contribution in [0.25, 0.3) is 0 Å². The molecule has 10 heavy (non-hydrogen) atoms. The highest BCUT2D eigenvalue weighted by Gasteiger charge is 2.49. The molecule has 1 fully saturated rings. The van der Waals surface area contributed by atoms with Gasteiger partial charge in [0.05, 0.1) is 6.10 Å². The molecule has 1 heterocycles. The minimum Gasteiger partial charge on any atom is -0.361 e. The van der Waals surface area contributed by atoms with Gasteiger partial charge in [-0.2, -0.15) is 0 Å². The number of ether oxygens (including phenoxy) is 1. The Morgan fingerprint density at radius 3 is 2.00 bits per heavy atom. The van der Waals surface area contributed by atoms with Crippen LogP contribution >= 0.6 is 0 Å². The number of carbonyl (C=O) groups excluding carboxylic acids is 1. The molecule has 1 aliphatic heterocycles. The van der Waals surface area contributed by atoms with Crippen LogP contribution in [0.5, 0.6) is 0 Å². The fraction of sp³-hybridized carbons (Fsp3) is 0.875. The lowest BCUT2D eigenvalue weighted by molar-refractivity contribution is -0.118. The second-order valence-corrected chi connectivity index (χ2v) is 3.95. The van der Waals surface area contributed by atoms with Crippen molar-refractivity contribution in [3.63, 3.8) is 0 Å². The first-order valence-corrected chi connectivity index (χ1v) is 3.59. The van der Waals surface area contributed by atoms with Crippen LogP contribution in [-0.2, 0) is 9.53 Å². The van der Waals surface area contributed by atoms with Gasteiger partial charge in [-0.3, -0.25) is 4.79 Å². The van der Waals surface area contributed by atoms with Crippen LogP contribution in [0.2, 0.25) is 0 Å². The van der Waals surface area contributed by atoms with Crippen molar-refractivity contribution in [2.75, 3.05) is 0 Å². The highest BCUT2D eigenvalue weighted by Crippen LogP contribution is 2.38. The molecule has 0 aromatic heterocycles. The van der Waals surface area contributed by atoms with E-state index in [4.69, 9.17) is 4.74 Å². The van der Waals surface area contributed by atoms with E-state index >= 15 is 0 Å². The molecule has 2 nitrogen and oxygen atoms in total. The van der Waals surface area contributed by atoms with E-state index in [9.17, 15) is 4.79 Å². The summed E-state index contributed by atoms with van der Waals surface area (Å²) in [4.78, 5) is 10.7. The Labute approximate surface area is 61.6 Å². The third-order valence-corrected chi connectivity index (χ3v) is 1.75. The quantitative estimate of drug-likeness (QED) is 0.518. The molecule has 1 rings (SSSR count). The number of epoxide rings is 1. The molecule has 0 radical (unpaired) electrons. The Morgan fingerprint density at radius 1 is 1.40 bits per heavy atom. The first-order valence-electron chi connectivity index (χ1n) is 3.59. The third-order valence-electron chi connectivity index (χ3n) is 1.75. The monoisotopic (exact) mass is 142 g/mol. The van der Waals surface area contributed by atoms with Crippen LogP contribution < -0.4 is 0 Å². The average molecular weight is 142 g/mol. The van der Waals surface area contributed by atoms with Crippen LogP contribution in [0.15, 0.2) is 0 Å². The van der Waals surface area contributed by atoms with Crippen LogP contribution in [0.1, 0.15) is 27.7 Å². The van der Waals surface area contributed by atoms with Gasteiger partial charge in [0.2, 0.25) is 0 Å². The zero-order chi connectivity index (χ0) is 7.94. The summed E-state index contributed by atoms with van der Waals surface area (Å²) < 4.78 is 5.19. The summed E-state index contributed by atoms with van der Waals surface area (Å²) >= 11 is 0. The number of carbonyl (C=O) groups is 1. The number of hydrogen-bond donors (Lipinski definition) is 0. The molecule has 1 aliphatic rings. The summed E-state index contributed by atoms with van der Waals surface area (Å²) in [7, 11) is 0. The molecular weight excluding hydrogens is 128 g/mol. The normalized spacial score (nSPS) is 32.0. The smallest absolute Gasteiger partial charge is 0.161 e. The zero-order valence-electron chi connectivity index (χ0n) is 6.97. The van der Waals surface area contributed by atoms with Crippen LogP contribution in [0, 0.1) is 5.41 Å². The Bertz CT molecular complexity index is 155. The molecule has 0 aromatic rings. The summed E-state index contributed by atoms with van der Waals surface area (Å²) in [5, 5.41) is 0. The van der Waals surface area contributed by atoms with Gasteiger partial charge in [-0.1, -0.05) is 20.8 Å². The van der Waals surface area contributed by atoms with Gasteiger partial charge in [0, 0.05) is 0 Å². The largest absolute Gasteiger partial charge is 0.361 e. The molecule has 2 heteroatoms. The first-order chi connectivity index (χ1) is 4.43. The molecule has 0 bridgehead atoms. The van der Waals surface area contributed by atoms with Crippen molar-refractivity contribution < 1.29 is 9.53 Å². The number of ketones is 1. The standard InChI is InChI=1S/C8H14O2/c1-5(9)6-7(10-6)8(2,3)4/h6-7H,1-4H3/t6-,7+/m0/s1. The van der Waals surface area contributed by atoms with Crippen LogP contribution in [0.3, 0.4) is 0 Å². The molecule has 0 N–H and O–H groups in total. The molecule has 0 aliphatic carbocycles.